The van der Waals surface area contributed by atoms with Crippen LogP contribution in [-0.4, -0.2) is 19.4 Å². The first-order chi connectivity index (χ1) is 10.1. The Bertz CT molecular complexity index is 614. The second kappa shape index (κ2) is 7.01. The van der Waals surface area contributed by atoms with Gasteiger partial charge in [0.1, 0.15) is 11.0 Å². The molecule has 1 aromatic rings. The molecule has 0 saturated heterocycles. The Balaban J connectivity index is 2.04. The quantitative estimate of drug-likeness (QED) is 0.906. The third-order valence-corrected chi connectivity index (χ3v) is 5.58. The Labute approximate surface area is 126 Å². The number of nitriles is 1. The molecule has 0 unspecified atom stereocenters. The first kappa shape index (κ1) is 15.9. The van der Waals surface area contributed by atoms with E-state index >= 15 is 0 Å². The van der Waals surface area contributed by atoms with Crippen molar-refractivity contribution in [3.63, 3.8) is 0 Å². The maximum absolute atomic E-state index is 12.4. The van der Waals surface area contributed by atoms with Crippen LogP contribution in [0.3, 0.4) is 0 Å². The minimum atomic E-state index is -3.67. The molecule has 1 aliphatic rings. The standard InChI is InChI=1S/C15H21N3O2S/c1-2-4-12-6-8-13(9-7-12)18-21(19,20)15-5-3-10-17-14(15)11-16/h3,5,10,12-13,18H,2,4,6-9H2,1H3. The molecule has 0 aliphatic heterocycles. The van der Waals surface area contributed by atoms with E-state index in [2.05, 4.69) is 16.6 Å². The van der Waals surface area contributed by atoms with Gasteiger partial charge in [0.25, 0.3) is 0 Å². The summed E-state index contributed by atoms with van der Waals surface area (Å²) < 4.78 is 27.5. The van der Waals surface area contributed by atoms with Crippen LogP contribution in [0.1, 0.15) is 51.1 Å². The molecular weight excluding hydrogens is 286 g/mol. The summed E-state index contributed by atoms with van der Waals surface area (Å²) >= 11 is 0. The summed E-state index contributed by atoms with van der Waals surface area (Å²) in [7, 11) is -3.67. The normalized spacial score (nSPS) is 22.7. The van der Waals surface area contributed by atoms with Gasteiger partial charge < -0.3 is 0 Å². The first-order valence-electron chi connectivity index (χ1n) is 7.44. The highest BCUT2D eigenvalue weighted by atomic mass is 32.2. The molecule has 0 bridgehead atoms. The zero-order valence-corrected chi connectivity index (χ0v) is 13.1. The molecule has 5 nitrogen and oxygen atoms in total. The maximum atomic E-state index is 12.4. The number of hydrogen-bond donors (Lipinski definition) is 1. The molecule has 6 heteroatoms. The Hall–Kier alpha value is -1.45. The topological polar surface area (TPSA) is 82.8 Å². The largest absolute Gasteiger partial charge is 0.244 e. The highest BCUT2D eigenvalue weighted by Gasteiger charge is 2.27. The van der Waals surface area contributed by atoms with Gasteiger partial charge in [-0.15, -0.1) is 0 Å². The van der Waals surface area contributed by atoms with Gasteiger partial charge in [0, 0.05) is 12.2 Å². The Morgan fingerprint density at radius 1 is 1.38 bits per heavy atom. The lowest BCUT2D eigenvalue weighted by molar-refractivity contribution is 0.297. The Morgan fingerprint density at radius 2 is 2.10 bits per heavy atom. The highest BCUT2D eigenvalue weighted by Crippen LogP contribution is 2.28. The van der Waals surface area contributed by atoms with E-state index in [4.69, 9.17) is 5.26 Å². The number of aromatic nitrogens is 1. The van der Waals surface area contributed by atoms with E-state index in [1.54, 1.807) is 0 Å². The van der Waals surface area contributed by atoms with Crippen molar-refractivity contribution in [2.45, 2.75) is 56.4 Å². The summed E-state index contributed by atoms with van der Waals surface area (Å²) in [5.41, 5.74) is -0.0512. The maximum Gasteiger partial charge on any atom is 0.243 e. The second-order valence-electron chi connectivity index (χ2n) is 5.59. The first-order valence-corrected chi connectivity index (χ1v) is 8.92. The van der Waals surface area contributed by atoms with Crippen LogP contribution in [0.25, 0.3) is 0 Å². The lowest BCUT2D eigenvalue weighted by Crippen LogP contribution is -2.38. The molecule has 21 heavy (non-hydrogen) atoms. The third kappa shape index (κ3) is 4.02. The van der Waals surface area contributed by atoms with Gasteiger partial charge in [-0.3, -0.25) is 0 Å². The van der Waals surface area contributed by atoms with Crippen LogP contribution in [0, 0.1) is 17.2 Å². The van der Waals surface area contributed by atoms with Gasteiger partial charge in [-0.25, -0.2) is 18.1 Å². The number of hydrogen-bond acceptors (Lipinski definition) is 4. The molecule has 0 radical (unpaired) electrons. The van der Waals surface area contributed by atoms with Crippen molar-refractivity contribution in [3.8, 4) is 6.07 Å². The molecule has 0 atom stereocenters. The number of nitrogens with zero attached hydrogens (tertiary/aromatic N) is 2. The molecule has 0 spiro atoms. The zero-order valence-electron chi connectivity index (χ0n) is 12.2. The van der Waals surface area contributed by atoms with Crippen LogP contribution in [0.4, 0.5) is 0 Å². The van der Waals surface area contributed by atoms with E-state index in [1.165, 1.54) is 31.2 Å². The van der Waals surface area contributed by atoms with Gasteiger partial charge in [0.2, 0.25) is 10.0 Å². The molecule has 114 valence electrons. The fourth-order valence-electron chi connectivity index (χ4n) is 2.95. The molecule has 2 rings (SSSR count). The van der Waals surface area contributed by atoms with Crippen molar-refractivity contribution < 1.29 is 8.42 Å². The zero-order chi connectivity index (χ0) is 15.3. The summed E-state index contributed by atoms with van der Waals surface area (Å²) in [4.78, 5) is 3.79. The lowest BCUT2D eigenvalue weighted by atomic mass is 9.84. The molecule has 1 fully saturated rings. The predicted octanol–water partition coefficient (Wildman–Crippen LogP) is 2.59. The van der Waals surface area contributed by atoms with E-state index in [0.29, 0.717) is 0 Å². The van der Waals surface area contributed by atoms with Crippen LogP contribution in [-0.2, 0) is 10.0 Å². The second-order valence-corrected chi connectivity index (χ2v) is 7.27. The molecule has 1 aliphatic carbocycles. The summed E-state index contributed by atoms with van der Waals surface area (Å²) in [6.07, 6.45) is 7.70. The fourth-order valence-corrected chi connectivity index (χ4v) is 4.36. The third-order valence-electron chi connectivity index (χ3n) is 4.03. The monoisotopic (exact) mass is 307 g/mol. The Kier molecular flexibility index (Phi) is 5.32. The van der Waals surface area contributed by atoms with Crippen LogP contribution >= 0.6 is 0 Å². The molecular formula is C15H21N3O2S. The van der Waals surface area contributed by atoms with Gasteiger partial charge >= 0.3 is 0 Å². The van der Waals surface area contributed by atoms with Crippen LogP contribution in [0.2, 0.25) is 0 Å². The molecule has 1 saturated carbocycles. The molecule has 0 aromatic carbocycles. The van der Waals surface area contributed by atoms with Crippen molar-refractivity contribution in [2.75, 3.05) is 0 Å². The summed E-state index contributed by atoms with van der Waals surface area (Å²) in [6, 6.07) is 4.76. The van der Waals surface area contributed by atoms with E-state index in [0.717, 1.165) is 31.6 Å². The van der Waals surface area contributed by atoms with E-state index in [9.17, 15) is 8.42 Å². The van der Waals surface area contributed by atoms with Crippen molar-refractivity contribution in [3.05, 3.63) is 24.0 Å². The number of nitrogens with one attached hydrogen (secondary N) is 1. The van der Waals surface area contributed by atoms with Crippen molar-refractivity contribution in [1.82, 2.24) is 9.71 Å². The average Bonchev–Trinajstić information content (AvgIpc) is 2.49. The van der Waals surface area contributed by atoms with Gasteiger partial charge in [-0.1, -0.05) is 19.8 Å². The average molecular weight is 307 g/mol. The number of sulfonamides is 1. The van der Waals surface area contributed by atoms with Crippen LogP contribution in [0.15, 0.2) is 23.2 Å². The smallest absolute Gasteiger partial charge is 0.243 e. The van der Waals surface area contributed by atoms with Gasteiger partial charge in [-0.2, -0.15) is 5.26 Å². The van der Waals surface area contributed by atoms with Crippen molar-refractivity contribution in [1.29, 1.82) is 5.26 Å². The number of rotatable bonds is 5. The molecule has 1 N–H and O–H groups in total. The molecule has 1 aromatic heterocycles. The molecule has 0 amide bonds. The predicted molar refractivity (Wildman–Crippen MR) is 79.9 cm³/mol. The van der Waals surface area contributed by atoms with Crippen LogP contribution in [0.5, 0.6) is 0 Å². The lowest BCUT2D eigenvalue weighted by Gasteiger charge is -2.28. The Morgan fingerprint density at radius 3 is 2.71 bits per heavy atom. The van der Waals surface area contributed by atoms with Crippen LogP contribution < -0.4 is 4.72 Å². The van der Waals surface area contributed by atoms with Gasteiger partial charge in [-0.05, 0) is 43.7 Å². The van der Waals surface area contributed by atoms with Gasteiger partial charge in [0.05, 0.1) is 0 Å². The van der Waals surface area contributed by atoms with E-state index < -0.39 is 10.0 Å². The fraction of sp³-hybridized carbons (Fsp3) is 0.600. The molecule has 1 heterocycles. The summed E-state index contributed by atoms with van der Waals surface area (Å²) in [5.74, 6) is 0.726. The minimum Gasteiger partial charge on any atom is -0.244 e. The minimum absolute atomic E-state index is 0.0248. The van der Waals surface area contributed by atoms with E-state index in [1.807, 2.05) is 6.07 Å². The van der Waals surface area contributed by atoms with Gasteiger partial charge in [0.15, 0.2) is 5.69 Å². The summed E-state index contributed by atoms with van der Waals surface area (Å²) in [6.45, 7) is 2.18. The highest BCUT2D eigenvalue weighted by molar-refractivity contribution is 7.89. The summed E-state index contributed by atoms with van der Waals surface area (Å²) in [5, 5.41) is 8.98. The number of pyridine rings is 1. The van der Waals surface area contributed by atoms with E-state index in [-0.39, 0.29) is 16.6 Å². The van der Waals surface area contributed by atoms with Crippen molar-refractivity contribution >= 4 is 10.0 Å². The SMILES string of the molecule is CCCC1CCC(NS(=O)(=O)c2cccnc2C#N)CC1. The van der Waals surface area contributed by atoms with Crippen molar-refractivity contribution in [2.24, 2.45) is 5.92 Å².